The molecule has 0 amide bonds. The molecule has 1 N–H and O–H groups in total. The summed E-state index contributed by atoms with van der Waals surface area (Å²) >= 11 is 0. The average Bonchev–Trinajstić information content (AvgIpc) is 3.01. The summed E-state index contributed by atoms with van der Waals surface area (Å²) in [6.45, 7) is 0.909. The highest BCUT2D eigenvalue weighted by Crippen LogP contribution is 2.38. The Morgan fingerprint density at radius 2 is 1.93 bits per heavy atom. The molecule has 1 atom stereocenters. The molecule has 2 fully saturated rings. The Balaban J connectivity index is 1.59. The third-order valence-corrected chi connectivity index (χ3v) is 6.52. The molecule has 2 saturated heterocycles. The van der Waals surface area contributed by atoms with Gasteiger partial charge in [0.1, 0.15) is 16.8 Å². The zero-order valence-electron chi connectivity index (χ0n) is 14.5. The number of pyridine rings is 1. The number of alkyl halides is 2. The zero-order valence-corrected chi connectivity index (χ0v) is 15.3. The van der Waals surface area contributed by atoms with Crippen molar-refractivity contribution in [3.63, 3.8) is 0 Å². The lowest BCUT2D eigenvalue weighted by molar-refractivity contribution is -0.0266. The first-order valence-electron chi connectivity index (χ1n) is 8.88. The van der Waals surface area contributed by atoms with Crippen molar-refractivity contribution >= 4 is 27.7 Å². The maximum atomic E-state index is 13.4. The minimum atomic E-state index is -2.68. The number of hydrogen-bond donors (Lipinski definition) is 1. The highest BCUT2D eigenvalue weighted by molar-refractivity contribution is 7.82. The van der Waals surface area contributed by atoms with Gasteiger partial charge in [0.05, 0.1) is 23.7 Å². The van der Waals surface area contributed by atoms with Crippen molar-refractivity contribution in [1.82, 2.24) is 14.3 Å². The normalized spacial score (nSPS) is 20.3. The first kappa shape index (κ1) is 16.8. The van der Waals surface area contributed by atoms with Crippen LogP contribution in [0.25, 0.3) is 22.2 Å². The molecule has 0 saturated carbocycles. The van der Waals surface area contributed by atoms with Gasteiger partial charge in [0, 0.05) is 35.8 Å². The number of aromatic nitrogens is 2. The SMILES string of the molecule is O=S(c1cnc(N2CC(F)(F)C2)c(-c2cc3ccccc3[nH]2)c1)N1CCC1. The fraction of sp³-hybridized carbons (Fsp3) is 0.316. The van der Waals surface area contributed by atoms with E-state index in [1.54, 1.807) is 11.1 Å². The highest BCUT2D eigenvalue weighted by Gasteiger charge is 2.45. The first-order chi connectivity index (χ1) is 13.0. The van der Waals surface area contributed by atoms with Gasteiger partial charge >= 0.3 is 0 Å². The fourth-order valence-corrected chi connectivity index (χ4v) is 4.72. The monoisotopic (exact) mass is 388 g/mol. The van der Waals surface area contributed by atoms with Crippen LogP contribution < -0.4 is 4.90 Å². The van der Waals surface area contributed by atoms with E-state index in [1.807, 2.05) is 40.7 Å². The molecule has 0 aliphatic carbocycles. The lowest BCUT2D eigenvalue weighted by Crippen LogP contribution is -2.56. The molecule has 27 heavy (non-hydrogen) atoms. The Hall–Kier alpha value is -2.32. The molecule has 140 valence electrons. The Labute approximate surface area is 157 Å². The van der Waals surface area contributed by atoms with Crippen molar-refractivity contribution in [2.24, 2.45) is 0 Å². The van der Waals surface area contributed by atoms with Crippen LogP contribution in [0.2, 0.25) is 0 Å². The summed E-state index contributed by atoms with van der Waals surface area (Å²) in [5, 5.41) is 1.03. The van der Waals surface area contributed by atoms with Gasteiger partial charge in [-0.05, 0) is 24.6 Å². The molecular weight excluding hydrogens is 370 g/mol. The molecule has 2 aromatic heterocycles. The van der Waals surface area contributed by atoms with Crippen LogP contribution >= 0.6 is 0 Å². The molecule has 2 aliphatic heterocycles. The minimum Gasteiger partial charge on any atom is -0.354 e. The number of anilines is 1. The first-order valence-corrected chi connectivity index (χ1v) is 9.99. The largest absolute Gasteiger partial charge is 0.354 e. The van der Waals surface area contributed by atoms with Crippen molar-refractivity contribution in [3.8, 4) is 11.3 Å². The molecule has 1 aromatic carbocycles. The van der Waals surface area contributed by atoms with Crippen LogP contribution in [0.1, 0.15) is 6.42 Å². The summed E-state index contributed by atoms with van der Waals surface area (Å²) in [6.07, 6.45) is 2.58. The molecule has 4 heterocycles. The predicted molar refractivity (Wildman–Crippen MR) is 101 cm³/mol. The summed E-state index contributed by atoms with van der Waals surface area (Å²) in [7, 11) is -1.27. The molecule has 3 aromatic rings. The summed E-state index contributed by atoms with van der Waals surface area (Å²) in [5.74, 6) is -2.18. The molecule has 0 radical (unpaired) electrons. The Morgan fingerprint density at radius 1 is 1.15 bits per heavy atom. The van der Waals surface area contributed by atoms with Gasteiger partial charge in [0.25, 0.3) is 5.92 Å². The van der Waals surface area contributed by atoms with Crippen molar-refractivity contribution in [1.29, 1.82) is 0 Å². The topological polar surface area (TPSA) is 52.2 Å². The predicted octanol–water partition coefficient (Wildman–Crippen LogP) is 3.41. The van der Waals surface area contributed by atoms with Gasteiger partial charge in [-0.25, -0.2) is 22.3 Å². The number of rotatable bonds is 4. The fourth-order valence-electron chi connectivity index (χ4n) is 3.47. The number of benzene rings is 1. The van der Waals surface area contributed by atoms with Crippen LogP contribution in [0.4, 0.5) is 14.6 Å². The maximum absolute atomic E-state index is 13.4. The van der Waals surface area contributed by atoms with E-state index in [0.29, 0.717) is 16.3 Å². The molecule has 0 spiro atoms. The van der Waals surface area contributed by atoms with E-state index in [-0.39, 0.29) is 13.1 Å². The second-order valence-electron chi connectivity index (χ2n) is 7.06. The molecule has 0 bridgehead atoms. The van der Waals surface area contributed by atoms with Crippen LogP contribution in [0, 0.1) is 0 Å². The van der Waals surface area contributed by atoms with Crippen LogP contribution in [-0.2, 0) is 11.0 Å². The number of aromatic amines is 1. The van der Waals surface area contributed by atoms with Gasteiger partial charge in [0.2, 0.25) is 0 Å². The number of para-hydroxylation sites is 1. The van der Waals surface area contributed by atoms with E-state index in [0.717, 1.165) is 36.1 Å². The quantitative estimate of drug-likeness (QED) is 0.745. The number of hydrogen-bond acceptors (Lipinski definition) is 3. The van der Waals surface area contributed by atoms with E-state index in [4.69, 9.17) is 0 Å². The van der Waals surface area contributed by atoms with Crippen molar-refractivity contribution < 1.29 is 13.0 Å². The van der Waals surface area contributed by atoms with E-state index >= 15 is 0 Å². The molecule has 1 unspecified atom stereocenters. The number of fused-ring (bicyclic) bond motifs is 1. The van der Waals surface area contributed by atoms with Gasteiger partial charge in [0.15, 0.2) is 0 Å². The van der Waals surface area contributed by atoms with Gasteiger partial charge in [-0.3, -0.25) is 0 Å². The van der Waals surface area contributed by atoms with Gasteiger partial charge in [-0.15, -0.1) is 0 Å². The summed E-state index contributed by atoms with van der Waals surface area (Å²) in [6, 6.07) is 11.6. The zero-order chi connectivity index (χ0) is 18.6. The summed E-state index contributed by atoms with van der Waals surface area (Å²) < 4.78 is 41.4. The molecule has 8 heteroatoms. The Kier molecular flexibility index (Phi) is 3.80. The van der Waals surface area contributed by atoms with E-state index in [2.05, 4.69) is 9.97 Å². The van der Waals surface area contributed by atoms with Gasteiger partial charge in [-0.2, -0.15) is 0 Å². The van der Waals surface area contributed by atoms with Crippen LogP contribution in [0.15, 0.2) is 47.5 Å². The molecule has 5 nitrogen and oxygen atoms in total. The maximum Gasteiger partial charge on any atom is 0.282 e. The number of nitrogens with zero attached hydrogens (tertiary/aromatic N) is 3. The van der Waals surface area contributed by atoms with E-state index < -0.39 is 16.9 Å². The minimum absolute atomic E-state index is 0.345. The van der Waals surface area contributed by atoms with Gasteiger partial charge in [-0.1, -0.05) is 18.2 Å². The number of halogens is 2. The molecule has 2 aliphatic rings. The van der Waals surface area contributed by atoms with E-state index in [1.165, 1.54) is 0 Å². The average molecular weight is 388 g/mol. The Bertz CT molecular complexity index is 1010. The van der Waals surface area contributed by atoms with Gasteiger partial charge < -0.3 is 9.88 Å². The van der Waals surface area contributed by atoms with Crippen molar-refractivity contribution in [2.45, 2.75) is 17.2 Å². The third-order valence-electron chi connectivity index (χ3n) is 5.06. The smallest absolute Gasteiger partial charge is 0.282 e. The standard InChI is InChI=1S/C19H18F2N4OS/c20-19(21)11-24(12-19)18-15(17-8-13-4-1-2-5-16(13)23-17)9-14(10-22-18)27(26)25-6-3-7-25/h1-2,4-5,8-10,23H,3,6-7,11-12H2. The van der Waals surface area contributed by atoms with Crippen LogP contribution in [-0.4, -0.2) is 50.6 Å². The van der Waals surface area contributed by atoms with E-state index in [9.17, 15) is 13.0 Å². The van der Waals surface area contributed by atoms with Crippen molar-refractivity contribution in [3.05, 3.63) is 42.6 Å². The highest BCUT2D eigenvalue weighted by atomic mass is 32.2. The van der Waals surface area contributed by atoms with Crippen LogP contribution in [0.3, 0.4) is 0 Å². The lowest BCUT2D eigenvalue weighted by atomic mass is 10.1. The summed E-state index contributed by atoms with van der Waals surface area (Å²) in [5.41, 5.74) is 2.45. The second-order valence-corrected chi connectivity index (χ2v) is 8.54. The van der Waals surface area contributed by atoms with Crippen LogP contribution in [0.5, 0.6) is 0 Å². The second kappa shape index (κ2) is 6.10. The molecular formula is C19H18F2N4OS. The Morgan fingerprint density at radius 3 is 2.59 bits per heavy atom. The summed E-state index contributed by atoms with van der Waals surface area (Å²) in [4.78, 5) is 9.92. The van der Waals surface area contributed by atoms with Crippen molar-refractivity contribution in [2.75, 3.05) is 31.1 Å². The number of nitrogens with one attached hydrogen (secondary N) is 1. The third kappa shape index (κ3) is 2.93. The number of H-pyrrole nitrogens is 1. The lowest BCUT2D eigenvalue weighted by Gasteiger charge is -2.40. The molecule has 5 rings (SSSR count).